The first-order valence-electron chi connectivity index (χ1n) is 12.2. The largest absolute Gasteiger partial charge is 0.511 e. The van der Waals surface area contributed by atoms with Crippen molar-refractivity contribution in [3.8, 4) is 0 Å². The van der Waals surface area contributed by atoms with Gasteiger partial charge in [0.1, 0.15) is 5.76 Å². The third-order valence-corrected chi connectivity index (χ3v) is 7.36. The van der Waals surface area contributed by atoms with Gasteiger partial charge in [-0.15, -0.1) is 0 Å². The molecule has 2 aliphatic carbocycles. The van der Waals surface area contributed by atoms with Crippen molar-refractivity contribution in [2.24, 2.45) is 4.99 Å². The summed E-state index contributed by atoms with van der Waals surface area (Å²) in [7, 11) is 0. The number of aliphatic hydroxyl groups excluding tert-OH is 2. The second-order valence-corrected chi connectivity index (χ2v) is 9.62. The van der Waals surface area contributed by atoms with Crippen LogP contribution in [0.15, 0.2) is 40.7 Å². The van der Waals surface area contributed by atoms with Gasteiger partial charge < -0.3 is 15.2 Å². The summed E-state index contributed by atoms with van der Waals surface area (Å²) < 4.78 is 0. The van der Waals surface area contributed by atoms with Crippen LogP contribution >= 0.6 is 0 Å². The second-order valence-electron chi connectivity index (χ2n) is 9.62. The summed E-state index contributed by atoms with van der Waals surface area (Å²) >= 11 is 0. The number of hydrogen-bond donors (Lipinski definition) is 3. The van der Waals surface area contributed by atoms with Gasteiger partial charge in [-0.2, -0.15) is 0 Å². The van der Waals surface area contributed by atoms with Gasteiger partial charge in [-0.1, -0.05) is 12.1 Å². The zero-order valence-corrected chi connectivity index (χ0v) is 19.2. The van der Waals surface area contributed by atoms with Gasteiger partial charge in [0, 0.05) is 75.4 Å². The van der Waals surface area contributed by atoms with Gasteiger partial charge in [0.15, 0.2) is 5.78 Å². The number of H-pyrrole nitrogens is 1. The summed E-state index contributed by atoms with van der Waals surface area (Å²) in [6, 6.07) is 6.25. The average molecular weight is 451 g/mol. The predicted molar refractivity (Wildman–Crippen MR) is 130 cm³/mol. The van der Waals surface area contributed by atoms with E-state index in [0.29, 0.717) is 30.9 Å². The lowest BCUT2D eigenvalue weighted by molar-refractivity contribution is -0.116. The maximum atomic E-state index is 12.9. The zero-order chi connectivity index (χ0) is 22.8. The number of Topliss-reactive ketones (excluding diaryl/α,β-unsaturated/α-hetero) is 1. The number of allylic oxidation sites excluding steroid dienone is 2. The number of fused-ring (bicyclic) bond motifs is 1. The highest BCUT2D eigenvalue weighted by molar-refractivity contribution is 6.14. The smallest absolute Gasteiger partial charge is 0.168 e. The minimum Gasteiger partial charge on any atom is -0.511 e. The van der Waals surface area contributed by atoms with Crippen molar-refractivity contribution in [3.05, 3.63) is 46.9 Å². The highest BCUT2D eigenvalue weighted by Gasteiger charge is 2.32. The normalized spacial score (nSPS) is 23.3. The van der Waals surface area contributed by atoms with Gasteiger partial charge >= 0.3 is 0 Å². The fraction of sp³-hybridized carbons (Fsp3) is 0.538. The van der Waals surface area contributed by atoms with Crippen LogP contribution in [0.25, 0.3) is 10.9 Å². The molecule has 2 fully saturated rings. The number of rotatable bonds is 8. The van der Waals surface area contributed by atoms with Crippen LogP contribution in [0.5, 0.6) is 0 Å². The molecule has 3 N–H and O–H groups in total. The Morgan fingerprint density at radius 1 is 1.03 bits per heavy atom. The lowest BCUT2D eigenvalue weighted by atomic mass is 9.81. The van der Waals surface area contributed by atoms with Crippen molar-refractivity contribution in [1.82, 2.24) is 14.8 Å². The summed E-state index contributed by atoms with van der Waals surface area (Å²) in [6.45, 7) is 6.27. The minimum absolute atomic E-state index is 0.00173. The van der Waals surface area contributed by atoms with Crippen LogP contribution in [0.2, 0.25) is 0 Å². The van der Waals surface area contributed by atoms with Gasteiger partial charge in [-0.25, -0.2) is 0 Å². The van der Waals surface area contributed by atoms with Gasteiger partial charge in [0.2, 0.25) is 0 Å². The Hall–Kier alpha value is -2.48. The van der Waals surface area contributed by atoms with Crippen LogP contribution in [0.4, 0.5) is 0 Å². The molecule has 1 unspecified atom stereocenters. The van der Waals surface area contributed by atoms with E-state index in [1.54, 1.807) is 6.21 Å². The number of aliphatic imine (C=N–C) groups is 1. The quantitative estimate of drug-likeness (QED) is 0.538. The fourth-order valence-electron chi connectivity index (χ4n) is 5.31. The second kappa shape index (κ2) is 9.79. The Bertz CT molecular complexity index is 1060. The summed E-state index contributed by atoms with van der Waals surface area (Å²) in [5, 5.41) is 21.0. The predicted octanol–water partition coefficient (Wildman–Crippen LogP) is 2.98. The lowest BCUT2D eigenvalue weighted by Crippen LogP contribution is -2.47. The number of aromatic amines is 1. The number of aromatic nitrogens is 1. The van der Waals surface area contributed by atoms with Crippen LogP contribution in [0, 0.1) is 0 Å². The molecular weight excluding hydrogens is 416 g/mol. The van der Waals surface area contributed by atoms with E-state index in [1.165, 1.54) is 29.4 Å². The van der Waals surface area contributed by atoms with Crippen molar-refractivity contribution < 1.29 is 15.0 Å². The summed E-state index contributed by atoms with van der Waals surface area (Å²) in [5.74, 6) is 0.773. The van der Waals surface area contributed by atoms with E-state index in [1.807, 2.05) is 6.07 Å². The van der Waals surface area contributed by atoms with Crippen LogP contribution in [0.1, 0.15) is 48.6 Å². The van der Waals surface area contributed by atoms with Crippen molar-refractivity contribution in [2.45, 2.75) is 37.5 Å². The highest BCUT2D eigenvalue weighted by atomic mass is 16.3. The lowest BCUT2D eigenvalue weighted by Gasteiger charge is -2.33. The van der Waals surface area contributed by atoms with Gasteiger partial charge in [-0.05, 0) is 41.9 Å². The molecule has 1 aliphatic heterocycles. The van der Waals surface area contributed by atoms with E-state index >= 15 is 0 Å². The molecule has 2 heterocycles. The molecule has 7 heteroatoms. The summed E-state index contributed by atoms with van der Waals surface area (Å²) in [4.78, 5) is 25.4. The van der Waals surface area contributed by atoms with E-state index in [9.17, 15) is 9.90 Å². The molecule has 33 heavy (non-hydrogen) atoms. The Morgan fingerprint density at radius 3 is 2.48 bits per heavy atom. The number of carbonyl (C=O) groups excluding carboxylic acids is 1. The van der Waals surface area contributed by atoms with Crippen LogP contribution < -0.4 is 0 Å². The van der Waals surface area contributed by atoms with E-state index in [2.05, 4.69) is 38.1 Å². The van der Waals surface area contributed by atoms with Gasteiger partial charge in [0.25, 0.3) is 0 Å². The highest BCUT2D eigenvalue weighted by Crippen LogP contribution is 2.46. The van der Waals surface area contributed by atoms with Crippen LogP contribution in [-0.2, 0) is 4.79 Å². The fourth-order valence-corrected chi connectivity index (χ4v) is 5.31. The molecule has 1 saturated heterocycles. The summed E-state index contributed by atoms with van der Waals surface area (Å²) in [5.41, 5.74) is 4.03. The Kier molecular flexibility index (Phi) is 6.62. The molecule has 0 bridgehead atoms. The van der Waals surface area contributed by atoms with Gasteiger partial charge in [-0.3, -0.25) is 19.6 Å². The molecule has 0 spiro atoms. The number of β-amino-alcohol motifs (C(OH)–C–C–N with tert-alkyl or cyclic N) is 1. The number of benzene rings is 1. The number of nitrogens with zero attached hydrogens (tertiary/aromatic N) is 3. The monoisotopic (exact) mass is 450 g/mol. The topological polar surface area (TPSA) is 92.2 Å². The SMILES string of the molecule is O=C1CC(c2cccc3[nH]cc(C4CC4)c23)CC(O)=C1C=NCCN1CCN(CCO)CC1. The molecule has 1 aromatic heterocycles. The third kappa shape index (κ3) is 4.90. The van der Waals surface area contributed by atoms with E-state index in [4.69, 9.17) is 5.11 Å². The maximum Gasteiger partial charge on any atom is 0.168 e. The van der Waals surface area contributed by atoms with Crippen molar-refractivity contribution in [2.75, 3.05) is 52.4 Å². The molecule has 5 rings (SSSR count). The van der Waals surface area contributed by atoms with Crippen LogP contribution in [-0.4, -0.2) is 89.4 Å². The van der Waals surface area contributed by atoms with E-state index < -0.39 is 0 Å². The zero-order valence-electron chi connectivity index (χ0n) is 19.2. The third-order valence-electron chi connectivity index (χ3n) is 7.36. The molecule has 1 saturated carbocycles. The van der Waals surface area contributed by atoms with Crippen LogP contribution in [0.3, 0.4) is 0 Å². The molecular formula is C26H34N4O3. The van der Waals surface area contributed by atoms with Crippen molar-refractivity contribution >= 4 is 22.9 Å². The number of carbonyl (C=O) groups is 1. The number of nitrogens with one attached hydrogen (secondary N) is 1. The molecule has 0 amide bonds. The van der Waals surface area contributed by atoms with Gasteiger partial charge in [0.05, 0.1) is 18.7 Å². The Morgan fingerprint density at radius 2 is 1.79 bits per heavy atom. The molecule has 3 aliphatic rings. The molecule has 1 aromatic carbocycles. The van der Waals surface area contributed by atoms with Crippen molar-refractivity contribution in [3.63, 3.8) is 0 Å². The average Bonchev–Trinajstić information content (AvgIpc) is 3.57. The first-order chi connectivity index (χ1) is 16.1. The Labute approximate surface area is 194 Å². The van der Waals surface area contributed by atoms with E-state index in [-0.39, 0.29) is 24.1 Å². The first-order valence-corrected chi connectivity index (χ1v) is 12.2. The molecule has 2 aromatic rings. The Balaban J connectivity index is 1.22. The number of piperazine rings is 1. The van der Waals surface area contributed by atoms with Crippen molar-refractivity contribution in [1.29, 1.82) is 0 Å². The number of hydrogen-bond acceptors (Lipinski definition) is 6. The molecule has 7 nitrogen and oxygen atoms in total. The van der Waals surface area contributed by atoms with E-state index in [0.717, 1.165) is 44.8 Å². The first kappa shape index (κ1) is 22.3. The standard InChI is InChI=1S/C26H34N4O3/c31-13-12-30-10-8-29(9-11-30)7-6-27-16-22-24(32)14-19(15-25(22)33)20-2-1-3-23-26(20)21(17-28-23)18-4-5-18/h1-3,16-19,28,31-32H,4-15H2. The number of aliphatic hydroxyl groups is 2. The summed E-state index contributed by atoms with van der Waals surface area (Å²) in [6.07, 6.45) is 7.06. The molecule has 1 atom stereocenters. The number of ketones is 1. The minimum atomic E-state index is -0.0226. The maximum absolute atomic E-state index is 12.9. The molecule has 0 radical (unpaired) electrons. The molecule has 176 valence electrons.